The second-order valence-electron chi connectivity index (χ2n) is 17.2. The number of hydrogen-bond donors (Lipinski definition) is 7. The molecular weight excluding hydrogens is 829 g/mol. The third kappa shape index (κ3) is 17.7. The summed E-state index contributed by atoms with van der Waals surface area (Å²) in [6, 6.07) is 3.56. The minimum Gasteiger partial charge on any atom is -0.481 e. The van der Waals surface area contributed by atoms with Gasteiger partial charge in [0.15, 0.2) is 5.78 Å². The molecule has 1 aromatic carbocycles. The first-order valence-electron chi connectivity index (χ1n) is 21.6. The van der Waals surface area contributed by atoms with Gasteiger partial charge in [-0.15, -0.1) is 0 Å². The molecule has 2 rings (SSSR count). The number of Topliss-reactive ketones (excluding diaryl/α,β-unsaturated/α-hetero) is 1. The maximum atomic E-state index is 13.7. The van der Waals surface area contributed by atoms with E-state index in [2.05, 4.69) is 26.6 Å². The molecule has 1 aliphatic heterocycles. The number of nitrogens with zero attached hydrogens (tertiary/aromatic N) is 1. The van der Waals surface area contributed by atoms with Crippen LogP contribution in [0.3, 0.4) is 0 Å². The van der Waals surface area contributed by atoms with Crippen molar-refractivity contribution in [3.8, 4) is 0 Å². The van der Waals surface area contributed by atoms with Crippen molar-refractivity contribution in [2.75, 3.05) is 20.7 Å². The average molecular weight is 897 g/mol. The average Bonchev–Trinajstić information content (AvgIpc) is 3.22. The molecule has 0 spiro atoms. The van der Waals surface area contributed by atoms with Crippen LogP contribution in [0.1, 0.15) is 86.6 Å². The summed E-state index contributed by atoms with van der Waals surface area (Å²) in [5.74, 6) is -12.3. The first-order valence-corrected chi connectivity index (χ1v) is 21.6. The lowest BCUT2D eigenvalue weighted by Gasteiger charge is -2.27. The van der Waals surface area contributed by atoms with Crippen molar-refractivity contribution in [2.45, 2.75) is 124 Å². The van der Waals surface area contributed by atoms with E-state index in [1.165, 1.54) is 34.7 Å². The van der Waals surface area contributed by atoms with E-state index < -0.39 is 114 Å². The van der Waals surface area contributed by atoms with Crippen molar-refractivity contribution >= 4 is 53.2 Å². The van der Waals surface area contributed by atoms with Gasteiger partial charge in [-0.1, -0.05) is 88.8 Å². The first kappa shape index (κ1) is 54.2. The summed E-state index contributed by atoms with van der Waals surface area (Å²) >= 11 is 0. The fourth-order valence-electron chi connectivity index (χ4n) is 7.10. The third-order valence-corrected chi connectivity index (χ3v) is 11.3. The molecule has 0 aromatic heterocycles. The molecule has 10 atom stereocenters. The van der Waals surface area contributed by atoms with E-state index in [4.69, 9.17) is 4.74 Å². The predicted octanol–water partition coefficient (Wildman–Crippen LogP) is 2.16. The zero-order chi connectivity index (χ0) is 48.4. The van der Waals surface area contributed by atoms with Gasteiger partial charge in [0.25, 0.3) is 0 Å². The Morgan fingerprint density at radius 1 is 0.812 bits per heavy atom. The Balaban J connectivity index is 2.54. The van der Waals surface area contributed by atoms with Crippen molar-refractivity contribution in [1.29, 1.82) is 0 Å². The number of carbonyl (C=O) groups is 9. The molecule has 1 aromatic rings. The van der Waals surface area contributed by atoms with Crippen LogP contribution in [0.5, 0.6) is 0 Å². The molecule has 1 aliphatic rings. The number of rotatable bonds is 11. The van der Waals surface area contributed by atoms with Crippen LogP contribution in [0.4, 0.5) is 0 Å². The minimum atomic E-state index is -1.56. The van der Waals surface area contributed by atoms with E-state index in [0.717, 1.165) is 16.0 Å². The standard InChI is InChI=1S/C46H68N6O12/c1-25(2)20-36-37(53)23-33(45(60)61)28(5)41(56)48-31(8)44(59)49-34(17-16-26(3)21-27(4)38(64-10)22-32-14-12-11-13-15-32)29(6)42(57)50-35(46(62)63)18-19-40(55)52(9)24-39(54)47-30(7)43(58)51-36/h11-17,21,25,27-31,33-36,38H,18-20,22-24H2,1-10H3,(H,47,54)(H,48,56)(H,49,59)(H,50,57)(H,51,58)(H,60,61)(H,62,63)/b17-16+,26-21+/t27-,28-,29-,30+,31-,33+,34-,35+,36-,38-/m0/s1. The number of methoxy groups -OCH3 is 1. The van der Waals surface area contributed by atoms with Crippen molar-refractivity contribution in [2.24, 2.45) is 29.6 Å². The quantitative estimate of drug-likeness (QED) is 0.158. The number of ether oxygens (including phenoxy) is 1. The molecule has 64 heavy (non-hydrogen) atoms. The highest BCUT2D eigenvalue weighted by Gasteiger charge is 2.37. The predicted molar refractivity (Wildman–Crippen MR) is 237 cm³/mol. The summed E-state index contributed by atoms with van der Waals surface area (Å²) in [5, 5.41) is 32.9. The summed E-state index contributed by atoms with van der Waals surface area (Å²) < 4.78 is 5.78. The van der Waals surface area contributed by atoms with E-state index in [1.54, 1.807) is 33.1 Å². The van der Waals surface area contributed by atoms with Gasteiger partial charge >= 0.3 is 11.9 Å². The smallest absolute Gasteiger partial charge is 0.326 e. The summed E-state index contributed by atoms with van der Waals surface area (Å²) in [5.41, 5.74) is 1.84. The number of aliphatic carboxylic acids is 2. The Morgan fingerprint density at radius 2 is 1.41 bits per heavy atom. The molecule has 0 unspecified atom stereocenters. The van der Waals surface area contributed by atoms with Crippen LogP contribution in [-0.4, -0.2) is 125 Å². The van der Waals surface area contributed by atoms with E-state index in [0.29, 0.717) is 6.42 Å². The number of carboxylic acids is 2. The van der Waals surface area contributed by atoms with E-state index in [1.807, 2.05) is 50.3 Å². The molecule has 6 amide bonds. The maximum Gasteiger partial charge on any atom is 0.326 e. The van der Waals surface area contributed by atoms with Gasteiger partial charge in [0.1, 0.15) is 18.1 Å². The van der Waals surface area contributed by atoms with Crippen molar-refractivity contribution in [1.82, 2.24) is 31.5 Å². The normalized spacial score (nSPS) is 27.0. The molecule has 18 heteroatoms. The number of ketones is 1. The van der Waals surface area contributed by atoms with Crippen LogP contribution in [0.15, 0.2) is 54.1 Å². The highest BCUT2D eigenvalue weighted by Crippen LogP contribution is 2.21. The van der Waals surface area contributed by atoms with Gasteiger partial charge in [-0.3, -0.25) is 38.4 Å². The number of likely N-dealkylation sites (N-methyl/N-ethyl adjacent to an activating group) is 1. The zero-order valence-electron chi connectivity index (χ0n) is 38.6. The van der Waals surface area contributed by atoms with Crippen LogP contribution < -0.4 is 26.6 Å². The van der Waals surface area contributed by atoms with Gasteiger partial charge in [0, 0.05) is 38.8 Å². The molecule has 1 saturated heterocycles. The molecular formula is C46H68N6O12. The molecule has 0 saturated carbocycles. The Morgan fingerprint density at radius 3 is 1.98 bits per heavy atom. The molecule has 18 nitrogen and oxygen atoms in total. The lowest BCUT2D eigenvalue weighted by atomic mass is 9.85. The lowest BCUT2D eigenvalue weighted by Crippen LogP contribution is -2.54. The number of benzene rings is 1. The van der Waals surface area contributed by atoms with Crippen molar-refractivity contribution in [3.63, 3.8) is 0 Å². The SMILES string of the molecule is CO[C@@H](Cc1ccccc1)[C@@H](C)/C=C(C)/C=C/[C@@H]1NC(=O)[C@H](C)NC(=O)[C@@H](C)[C@H](C(=O)O)CC(=O)[C@H](CC(C)C)NC(=O)[C@@H](C)NC(=O)CN(C)C(=O)CC[C@H](C(=O)O)NC(=O)[C@H]1C. The largest absolute Gasteiger partial charge is 0.481 e. The molecule has 0 radical (unpaired) electrons. The van der Waals surface area contributed by atoms with E-state index in [-0.39, 0.29) is 37.2 Å². The van der Waals surface area contributed by atoms with Crippen LogP contribution in [-0.2, 0) is 54.3 Å². The number of carboxylic acid groups (broad SMARTS) is 2. The van der Waals surface area contributed by atoms with E-state index in [9.17, 15) is 53.4 Å². The van der Waals surface area contributed by atoms with Gasteiger partial charge in [0.05, 0.1) is 36.6 Å². The second kappa shape index (κ2) is 26.0. The Bertz CT molecular complexity index is 1880. The van der Waals surface area contributed by atoms with Crippen LogP contribution in [0.25, 0.3) is 0 Å². The van der Waals surface area contributed by atoms with Gasteiger partial charge < -0.3 is 46.4 Å². The number of nitrogens with one attached hydrogen (secondary N) is 5. The monoisotopic (exact) mass is 896 g/mol. The van der Waals surface area contributed by atoms with Gasteiger partial charge in [0.2, 0.25) is 35.4 Å². The molecule has 1 fully saturated rings. The summed E-state index contributed by atoms with van der Waals surface area (Å²) in [4.78, 5) is 120. The number of carbonyl (C=O) groups excluding carboxylic acids is 7. The molecule has 0 bridgehead atoms. The van der Waals surface area contributed by atoms with Gasteiger partial charge in [-0.2, -0.15) is 0 Å². The third-order valence-electron chi connectivity index (χ3n) is 11.3. The zero-order valence-corrected chi connectivity index (χ0v) is 38.6. The van der Waals surface area contributed by atoms with Gasteiger partial charge in [-0.25, -0.2) is 4.79 Å². The highest BCUT2D eigenvalue weighted by atomic mass is 16.5. The topological polar surface area (TPSA) is 267 Å². The Hall–Kier alpha value is -5.91. The van der Waals surface area contributed by atoms with Crippen LogP contribution >= 0.6 is 0 Å². The Kier molecular flexibility index (Phi) is 22.0. The summed E-state index contributed by atoms with van der Waals surface area (Å²) in [6.07, 6.45) is 4.42. The number of hydrogen-bond acceptors (Lipinski definition) is 10. The van der Waals surface area contributed by atoms with Crippen LogP contribution in [0.2, 0.25) is 0 Å². The fourth-order valence-corrected chi connectivity index (χ4v) is 7.10. The van der Waals surface area contributed by atoms with Crippen molar-refractivity contribution < 1.29 is 58.1 Å². The summed E-state index contributed by atoms with van der Waals surface area (Å²) in [6.45, 7) is 12.3. The second-order valence-corrected chi connectivity index (χ2v) is 17.2. The maximum absolute atomic E-state index is 13.7. The molecule has 1 heterocycles. The number of allylic oxidation sites excluding steroid dienone is 2. The van der Waals surface area contributed by atoms with Crippen LogP contribution in [0, 0.1) is 29.6 Å². The lowest BCUT2D eigenvalue weighted by molar-refractivity contribution is -0.149. The minimum absolute atomic E-state index is 0.0751. The Labute approximate surface area is 375 Å². The molecule has 354 valence electrons. The number of amides is 6. The van der Waals surface area contributed by atoms with Gasteiger partial charge in [-0.05, 0) is 51.5 Å². The van der Waals surface area contributed by atoms with Crippen molar-refractivity contribution in [3.05, 3.63) is 59.7 Å². The fraction of sp³-hybridized carbons (Fsp3) is 0.587. The van der Waals surface area contributed by atoms with E-state index >= 15 is 0 Å². The molecule has 7 N–H and O–H groups in total. The first-order chi connectivity index (χ1) is 29.9. The molecule has 0 aliphatic carbocycles. The highest BCUT2D eigenvalue weighted by molar-refractivity contribution is 5.96. The summed E-state index contributed by atoms with van der Waals surface area (Å²) in [7, 11) is 2.93.